The summed E-state index contributed by atoms with van der Waals surface area (Å²) >= 11 is 0. The highest BCUT2D eigenvalue weighted by atomic mass is 32.2. The Hall–Kier alpha value is -0.950. The fourth-order valence-corrected chi connectivity index (χ4v) is 4.30. The first-order chi connectivity index (χ1) is 11.3. The predicted octanol–water partition coefficient (Wildman–Crippen LogP) is 2.11. The van der Waals surface area contributed by atoms with Gasteiger partial charge in [-0.2, -0.15) is 4.31 Å². The molecule has 24 heavy (non-hydrogen) atoms. The number of hydrogen-bond acceptors (Lipinski definition) is 4. The summed E-state index contributed by atoms with van der Waals surface area (Å²) in [5.41, 5.74) is 1.16. The van der Waals surface area contributed by atoms with Crippen LogP contribution in [-0.2, 0) is 10.0 Å². The van der Waals surface area contributed by atoms with Crippen molar-refractivity contribution in [1.82, 2.24) is 14.5 Å². The Bertz CT molecular complexity index is 604. The van der Waals surface area contributed by atoms with E-state index in [2.05, 4.69) is 37.9 Å². The molecule has 1 fully saturated rings. The Kier molecular flexibility index (Phi) is 6.80. The Balaban J connectivity index is 1.92. The highest BCUT2D eigenvalue weighted by Crippen LogP contribution is 2.21. The molecule has 2 rings (SSSR count). The molecule has 0 unspecified atom stereocenters. The van der Waals surface area contributed by atoms with E-state index in [4.69, 9.17) is 0 Å². The van der Waals surface area contributed by atoms with Gasteiger partial charge in [0, 0.05) is 45.3 Å². The van der Waals surface area contributed by atoms with Gasteiger partial charge in [-0.25, -0.2) is 8.42 Å². The Labute approximate surface area is 147 Å². The van der Waals surface area contributed by atoms with Gasteiger partial charge in [-0.3, -0.25) is 4.90 Å². The molecule has 1 aliphatic rings. The van der Waals surface area contributed by atoms with Crippen LogP contribution in [0.3, 0.4) is 0 Å². The van der Waals surface area contributed by atoms with Crippen molar-refractivity contribution in [3.8, 4) is 0 Å². The first-order valence-electron chi connectivity index (χ1n) is 8.86. The van der Waals surface area contributed by atoms with Crippen LogP contribution in [0.2, 0.25) is 0 Å². The minimum Gasteiger partial charge on any atom is -0.313 e. The molecule has 0 atom stereocenters. The third-order valence-electron chi connectivity index (χ3n) is 4.50. The lowest BCUT2D eigenvalue weighted by molar-refractivity contribution is 0.188. The summed E-state index contributed by atoms with van der Waals surface area (Å²) in [5.74, 6) is 0.407. The average molecular weight is 354 g/mol. The molecule has 0 radical (unpaired) electrons. The van der Waals surface area contributed by atoms with Crippen LogP contribution in [0.15, 0.2) is 29.2 Å². The molecule has 1 aromatic rings. The molecule has 0 aliphatic carbocycles. The molecule has 1 N–H and O–H groups in total. The monoisotopic (exact) mass is 353 g/mol. The lowest BCUT2D eigenvalue weighted by Crippen LogP contribution is -2.50. The van der Waals surface area contributed by atoms with E-state index < -0.39 is 10.0 Å². The zero-order valence-electron chi connectivity index (χ0n) is 15.3. The molecule has 1 aliphatic heterocycles. The average Bonchev–Trinajstić information content (AvgIpc) is 2.55. The van der Waals surface area contributed by atoms with E-state index in [-0.39, 0.29) is 0 Å². The van der Waals surface area contributed by atoms with Gasteiger partial charge in [0.25, 0.3) is 0 Å². The SMILES string of the molecule is CC(C)NCCN1CCN(S(=O)(=O)c2ccc(C(C)C)cc2)CC1. The first-order valence-corrected chi connectivity index (χ1v) is 10.3. The smallest absolute Gasteiger partial charge is 0.243 e. The summed E-state index contributed by atoms with van der Waals surface area (Å²) in [7, 11) is -3.37. The van der Waals surface area contributed by atoms with Gasteiger partial charge in [0.2, 0.25) is 10.0 Å². The first kappa shape index (κ1) is 19.4. The summed E-state index contributed by atoms with van der Waals surface area (Å²) in [4.78, 5) is 2.73. The summed E-state index contributed by atoms with van der Waals surface area (Å²) in [5, 5.41) is 3.40. The second-order valence-corrected chi connectivity index (χ2v) is 9.02. The number of rotatable bonds is 7. The van der Waals surface area contributed by atoms with E-state index in [0.717, 1.165) is 31.7 Å². The zero-order valence-corrected chi connectivity index (χ0v) is 16.1. The molecule has 0 saturated carbocycles. The van der Waals surface area contributed by atoms with E-state index in [1.165, 1.54) is 0 Å². The Morgan fingerprint density at radius 1 is 1.00 bits per heavy atom. The van der Waals surface area contributed by atoms with Crippen molar-refractivity contribution in [3.05, 3.63) is 29.8 Å². The fraction of sp³-hybridized carbons (Fsp3) is 0.667. The summed E-state index contributed by atoms with van der Waals surface area (Å²) in [6.07, 6.45) is 0. The van der Waals surface area contributed by atoms with Crippen LogP contribution < -0.4 is 5.32 Å². The molecule has 0 aromatic heterocycles. The van der Waals surface area contributed by atoms with E-state index in [9.17, 15) is 8.42 Å². The molecule has 5 nitrogen and oxygen atoms in total. The number of nitrogens with one attached hydrogen (secondary N) is 1. The fourth-order valence-electron chi connectivity index (χ4n) is 2.88. The maximum atomic E-state index is 12.8. The van der Waals surface area contributed by atoms with Crippen molar-refractivity contribution in [2.24, 2.45) is 0 Å². The van der Waals surface area contributed by atoms with Crippen molar-refractivity contribution in [3.63, 3.8) is 0 Å². The van der Waals surface area contributed by atoms with Crippen LogP contribution in [0.5, 0.6) is 0 Å². The zero-order chi connectivity index (χ0) is 17.7. The topological polar surface area (TPSA) is 52.6 Å². The van der Waals surface area contributed by atoms with Crippen molar-refractivity contribution in [2.45, 2.75) is 44.6 Å². The van der Waals surface area contributed by atoms with Crippen LogP contribution >= 0.6 is 0 Å². The number of sulfonamides is 1. The highest BCUT2D eigenvalue weighted by Gasteiger charge is 2.28. The molecule has 1 aromatic carbocycles. The van der Waals surface area contributed by atoms with Gasteiger partial charge in [-0.05, 0) is 23.6 Å². The second kappa shape index (κ2) is 8.43. The van der Waals surface area contributed by atoms with Crippen molar-refractivity contribution in [2.75, 3.05) is 39.3 Å². The number of benzene rings is 1. The number of hydrogen-bond donors (Lipinski definition) is 1. The van der Waals surface area contributed by atoms with Crippen LogP contribution in [-0.4, -0.2) is 62.9 Å². The normalized spacial score (nSPS) is 17.8. The maximum Gasteiger partial charge on any atom is 0.243 e. The van der Waals surface area contributed by atoms with Gasteiger partial charge in [0.15, 0.2) is 0 Å². The third kappa shape index (κ3) is 5.02. The number of piperazine rings is 1. The Morgan fingerprint density at radius 2 is 1.58 bits per heavy atom. The van der Waals surface area contributed by atoms with Gasteiger partial charge < -0.3 is 5.32 Å². The number of nitrogens with zero attached hydrogens (tertiary/aromatic N) is 2. The van der Waals surface area contributed by atoms with Gasteiger partial charge in [0.1, 0.15) is 0 Å². The third-order valence-corrected chi connectivity index (χ3v) is 6.41. The maximum absolute atomic E-state index is 12.8. The largest absolute Gasteiger partial charge is 0.313 e. The summed E-state index contributed by atoms with van der Waals surface area (Å²) in [6, 6.07) is 7.81. The van der Waals surface area contributed by atoms with E-state index >= 15 is 0 Å². The standard InChI is InChI=1S/C18H31N3O2S/c1-15(2)17-5-7-18(8-6-17)24(22,23)21-13-11-20(12-14-21)10-9-19-16(3)4/h5-8,15-16,19H,9-14H2,1-4H3. The lowest BCUT2D eigenvalue weighted by Gasteiger charge is -2.34. The minimum absolute atomic E-state index is 0.404. The van der Waals surface area contributed by atoms with Crippen LogP contribution in [0, 0.1) is 0 Å². The van der Waals surface area contributed by atoms with Gasteiger partial charge >= 0.3 is 0 Å². The molecule has 136 valence electrons. The van der Waals surface area contributed by atoms with Crippen LogP contribution in [0.1, 0.15) is 39.2 Å². The van der Waals surface area contributed by atoms with Gasteiger partial charge in [-0.1, -0.05) is 39.8 Å². The predicted molar refractivity (Wildman–Crippen MR) is 98.9 cm³/mol. The molecule has 0 amide bonds. The van der Waals surface area contributed by atoms with Crippen LogP contribution in [0.4, 0.5) is 0 Å². The Morgan fingerprint density at radius 3 is 2.08 bits per heavy atom. The van der Waals surface area contributed by atoms with Crippen LogP contribution in [0.25, 0.3) is 0 Å². The highest BCUT2D eigenvalue weighted by molar-refractivity contribution is 7.89. The molecule has 6 heteroatoms. The lowest BCUT2D eigenvalue weighted by atomic mass is 10.0. The summed E-state index contributed by atoms with van der Waals surface area (Å²) in [6.45, 7) is 13.1. The summed E-state index contributed by atoms with van der Waals surface area (Å²) < 4.78 is 27.2. The molecular weight excluding hydrogens is 322 g/mol. The van der Waals surface area contributed by atoms with Crippen molar-refractivity contribution >= 4 is 10.0 Å². The molecule has 1 saturated heterocycles. The molecule has 0 bridgehead atoms. The van der Waals surface area contributed by atoms with Gasteiger partial charge in [0.05, 0.1) is 4.90 Å². The van der Waals surface area contributed by atoms with Crippen molar-refractivity contribution < 1.29 is 8.42 Å². The van der Waals surface area contributed by atoms with E-state index in [1.807, 2.05) is 12.1 Å². The van der Waals surface area contributed by atoms with E-state index in [0.29, 0.717) is 29.9 Å². The minimum atomic E-state index is -3.37. The van der Waals surface area contributed by atoms with Gasteiger partial charge in [-0.15, -0.1) is 0 Å². The molecule has 0 spiro atoms. The van der Waals surface area contributed by atoms with E-state index in [1.54, 1.807) is 16.4 Å². The molecule has 1 heterocycles. The van der Waals surface area contributed by atoms with Crippen molar-refractivity contribution in [1.29, 1.82) is 0 Å². The second-order valence-electron chi connectivity index (χ2n) is 7.08. The molecular formula is C18H31N3O2S. The quantitative estimate of drug-likeness (QED) is 0.816.